The molecule has 2 amide bonds. The van der Waals surface area contributed by atoms with E-state index in [-0.39, 0.29) is 17.7 Å². The first-order chi connectivity index (χ1) is 11.4. The molecule has 1 aromatic heterocycles. The lowest BCUT2D eigenvalue weighted by Gasteiger charge is -2.35. The Labute approximate surface area is 147 Å². The maximum Gasteiger partial charge on any atom is 0.228 e. The van der Waals surface area contributed by atoms with E-state index in [4.69, 9.17) is 0 Å². The Bertz CT molecular complexity index is 603. The van der Waals surface area contributed by atoms with Crippen LogP contribution in [0.15, 0.2) is 5.38 Å². The van der Waals surface area contributed by atoms with E-state index in [0.717, 1.165) is 18.5 Å². The van der Waals surface area contributed by atoms with Crippen molar-refractivity contribution in [2.75, 3.05) is 12.4 Å². The summed E-state index contributed by atoms with van der Waals surface area (Å²) in [4.78, 5) is 30.5. The van der Waals surface area contributed by atoms with E-state index in [0.29, 0.717) is 29.7 Å². The SMILES string of the molecule is CC(C)C(=O)Nc1nc(CC(=O)N(C)C2CC3CCC(C2)N3)cs1. The number of anilines is 1. The van der Waals surface area contributed by atoms with Gasteiger partial charge >= 0.3 is 0 Å². The molecule has 2 atom stereocenters. The Morgan fingerprint density at radius 3 is 2.67 bits per heavy atom. The van der Waals surface area contributed by atoms with Gasteiger partial charge in [-0.2, -0.15) is 0 Å². The summed E-state index contributed by atoms with van der Waals surface area (Å²) in [5.74, 6) is -0.0294. The minimum absolute atomic E-state index is 0.0514. The Morgan fingerprint density at radius 1 is 1.38 bits per heavy atom. The normalized spacial score (nSPS) is 25.8. The van der Waals surface area contributed by atoms with E-state index in [1.54, 1.807) is 0 Å². The molecule has 3 heterocycles. The number of carbonyl (C=O) groups is 2. The molecule has 0 aromatic carbocycles. The number of likely N-dealkylation sites (N-methyl/N-ethyl adjacent to an activating group) is 1. The average Bonchev–Trinajstić information content (AvgIpc) is 3.12. The zero-order valence-corrected chi connectivity index (χ0v) is 15.4. The van der Waals surface area contributed by atoms with Crippen LogP contribution in [0.5, 0.6) is 0 Å². The summed E-state index contributed by atoms with van der Waals surface area (Å²) >= 11 is 1.37. The molecular weight excluding hydrogens is 324 g/mol. The lowest BCUT2D eigenvalue weighted by molar-refractivity contribution is -0.132. The van der Waals surface area contributed by atoms with E-state index in [1.807, 2.05) is 31.2 Å². The van der Waals surface area contributed by atoms with Crippen LogP contribution in [0.3, 0.4) is 0 Å². The van der Waals surface area contributed by atoms with E-state index < -0.39 is 0 Å². The van der Waals surface area contributed by atoms with E-state index in [1.165, 1.54) is 24.2 Å². The molecule has 0 spiro atoms. The number of fused-ring (bicyclic) bond motifs is 2. The first-order valence-corrected chi connectivity index (χ1v) is 9.57. The smallest absolute Gasteiger partial charge is 0.228 e. The van der Waals surface area contributed by atoms with Gasteiger partial charge in [-0.3, -0.25) is 9.59 Å². The fourth-order valence-electron chi connectivity index (χ4n) is 3.52. The maximum atomic E-state index is 12.6. The predicted octanol–water partition coefficient (Wildman–Crippen LogP) is 2.02. The second-order valence-electron chi connectivity index (χ2n) is 7.23. The second-order valence-corrected chi connectivity index (χ2v) is 8.09. The number of aromatic nitrogens is 1. The van der Waals surface area contributed by atoms with Crippen LogP contribution in [0, 0.1) is 5.92 Å². The van der Waals surface area contributed by atoms with Crippen LogP contribution in [0.25, 0.3) is 0 Å². The topological polar surface area (TPSA) is 74.3 Å². The first-order valence-electron chi connectivity index (χ1n) is 8.69. The van der Waals surface area contributed by atoms with Gasteiger partial charge in [0, 0.05) is 36.5 Å². The van der Waals surface area contributed by atoms with Gasteiger partial charge in [0.1, 0.15) is 0 Å². The van der Waals surface area contributed by atoms with Crippen LogP contribution in [0.2, 0.25) is 0 Å². The summed E-state index contributed by atoms with van der Waals surface area (Å²) in [5.41, 5.74) is 0.729. The van der Waals surface area contributed by atoms with Crippen molar-refractivity contribution in [1.29, 1.82) is 0 Å². The Hall–Kier alpha value is -1.47. The quantitative estimate of drug-likeness (QED) is 0.852. The van der Waals surface area contributed by atoms with Crippen LogP contribution in [0.4, 0.5) is 5.13 Å². The number of hydrogen-bond acceptors (Lipinski definition) is 5. The van der Waals surface area contributed by atoms with Gasteiger partial charge in [0.05, 0.1) is 12.1 Å². The van der Waals surface area contributed by atoms with Crippen LogP contribution < -0.4 is 10.6 Å². The highest BCUT2D eigenvalue weighted by atomic mass is 32.1. The summed E-state index contributed by atoms with van der Waals surface area (Å²) < 4.78 is 0. The molecule has 2 bridgehead atoms. The van der Waals surface area contributed by atoms with Crippen molar-refractivity contribution in [2.45, 2.75) is 64.1 Å². The van der Waals surface area contributed by atoms with Crippen molar-refractivity contribution in [3.05, 3.63) is 11.1 Å². The van der Waals surface area contributed by atoms with Crippen LogP contribution in [-0.4, -0.2) is 46.9 Å². The van der Waals surface area contributed by atoms with Crippen molar-refractivity contribution in [1.82, 2.24) is 15.2 Å². The van der Waals surface area contributed by atoms with E-state index in [9.17, 15) is 9.59 Å². The molecule has 24 heavy (non-hydrogen) atoms. The van der Waals surface area contributed by atoms with Gasteiger partial charge in [0.25, 0.3) is 0 Å². The third-order valence-electron chi connectivity index (χ3n) is 5.03. The van der Waals surface area contributed by atoms with Gasteiger partial charge in [0.15, 0.2) is 5.13 Å². The first kappa shape index (κ1) is 17.4. The zero-order valence-electron chi connectivity index (χ0n) is 14.5. The molecule has 132 valence electrons. The van der Waals surface area contributed by atoms with Gasteiger partial charge in [-0.1, -0.05) is 13.8 Å². The number of rotatable bonds is 5. The molecule has 2 unspecified atom stereocenters. The molecule has 6 nitrogen and oxygen atoms in total. The molecule has 2 saturated heterocycles. The van der Waals surface area contributed by atoms with Crippen LogP contribution >= 0.6 is 11.3 Å². The number of amides is 2. The average molecular weight is 350 g/mol. The number of thiazole rings is 1. The highest BCUT2D eigenvalue weighted by molar-refractivity contribution is 7.13. The standard InChI is InChI=1S/C17H26N4O2S/c1-10(2)16(23)20-17-19-13(9-24-17)8-15(22)21(3)14-6-11-4-5-12(7-14)18-11/h9-12,14,18H,4-8H2,1-3H3,(H,19,20,23). The van der Waals surface area contributed by atoms with E-state index in [2.05, 4.69) is 15.6 Å². The van der Waals surface area contributed by atoms with Gasteiger partial charge in [-0.15, -0.1) is 11.3 Å². The summed E-state index contributed by atoms with van der Waals surface area (Å²) in [5, 5.41) is 8.81. The molecule has 2 aliphatic rings. The van der Waals surface area contributed by atoms with Gasteiger partial charge in [-0.05, 0) is 25.7 Å². The number of nitrogens with one attached hydrogen (secondary N) is 2. The Balaban J connectivity index is 1.54. The van der Waals surface area contributed by atoms with Crippen molar-refractivity contribution in [3.63, 3.8) is 0 Å². The molecule has 2 fully saturated rings. The van der Waals surface area contributed by atoms with E-state index >= 15 is 0 Å². The second kappa shape index (κ2) is 7.19. The monoisotopic (exact) mass is 350 g/mol. The van der Waals surface area contributed by atoms with Crippen LogP contribution in [-0.2, 0) is 16.0 Å². The summed E-state index contributed by atoms with van der Waals surface area (Å²) in [6.07, 6.45) is 4.85. The number of nitrogens with zero attached hydrogens (tertiary/aromatic N) is 2. The fourth-order valence-corrected chi connectivity index (χ4v) is 4.24. The largest absolute Gasteiger partial charge is 0.342 e. The number of piperidine rings is 1. The number of hydrogen-bond donors (Lipinski definition) is 2. The van der Waals surface area contributed by atoms with Crippen molar-refractivity contribution >= 4 is 28.3 Å². The van der Waals surface area contributed by atoms with Crippen molar-refractivity contribution in [2.24, 2.45) is 5.92 Å². The lowest BCUT2D eigenvalue weighted by atomic mass is 9.98. The number of carbonyl (C=O) groups excluding carboxylic acids is 2. The summed E-state index contributed by atoms with van der Waals surface area (Å²) in [7, 11) is 1.91. The molecule has 1 aromatic rings. The summed E-state index contributed by atoms with van der Waals surface area (Å²) in [6.45, 7) is 3.68. The molecule has 0 aliphatic carbocycles. The Kier molecular flexibility index (Phi) is 5.20. The molecule has 3 rings (SSSR count). The minimum atomic E-state index is -0.0830. The van der Waals surface area contributed by atoms with Gasteiger partial charge < -0.3 is 15.5 Å². The van der Waals surface area contributed by atoms with Gasteiger partial charge in [0.2, 0.25) is 11.8 Å². The van der Waals surface area contributed by atoms with Gasteiger partial charge in [-0.25, -0.2) is 4.98 Å². The molecule has 0 radical (unpaired) electrons. The molecule has 2 aliphatic heterocycles. The predicted molar refractivity (Wildman–Crippen MR) is 95.0 cm³/mol. The summed E-state index contributed by atoms with van der Waals surface area (Å²) in [6, 6.07) is 1.47. The molecule has 2 N–H and O–H groups in total. The highest BCUT2D eigenvalue weighted by Gasteiger charge is 2.36. The van der Waals surface area contributed by atoms with Crippen molar-refractivity contribution in [3.8, 4) is 0 Å². The maximum absolute atomic E-state index is 12.6. The molecule has 0 saturated carbocycles. The third kappa shape index (κ3) is 3.95. The zero-order chi connectivity index (χ0) is 17.3. The van der Waals surface area contributed by atoms with Crippen molar-refractivity contribution < 1.29 is 9.59 Å². The highest BCUT2D eigenvalue weighted by Crippen LogP contribution is 2.29. The molecule has 7 heteroatoms. The van der Waals surface area contributed by atoms with Crippen LogP contribution in [0.1, 0.15) is 45.2 Å². The lowest BCUT2D eigenvalue weighted by Crippen LogP contribution is -2.49. The Morgan fingerprint density at radius 2 is 2.04 bits per heavy atom. The fraction of sp³-hybridized carbons (Fsp3) is 0.706. The molecular formula is C17H26N4O2S. The minimum Gasteiger partial charge on any atom is -0.342 e. The third-order valence-corrected chi connectivity index (χ3v) is 5.83.